The zero-order valence-corrected chi connectivity index (χ0v) is 19.4. The number of nitrogens with one attached hydrogen (secondary N) is 2. The molecule has 1 aromatic heterocycles. The van der Waals surface area contributed by atoms with Crippen LogP contribution in [0.1, 0.15) is 43.0 Å². The van der Waals surface area contributed by atoms with Crippen molar-refractivity contribution in [2.75, 3.05) is 38.1 Å². The van der Waals surface area contributed by atoms with Gasteiger partial charge in [-0.2, -0.15) is 0 Å². The van der Waals surface area contributed by atoms with Gasteiger partial charge in [-0.1, -0.05) is 17.7 Å². The van der Waals surface area contributed by atoms with Crippen LogP contribution in [0.25, 0.3) is 0 Å². The molecular formula is C24H33ClN4O3. The van der Waals surface area contributed by atoms with Gasteiger partial charge in [0.25, 0.3) is 5.91 Å². The minimum atomic E-state index is -0.671. The van der Waals surface area contributed by atoms with E-state index in [2.05, 4.69) is 20.5 Å². The summed E-state index contributed by atoms with van der Waals surface area (Å²) in [6.07, 6.45) is 10.8. The number of β-amino-alcohol motifs (C(OH)–C–C–N with tert-alkyl or cyclic N) is 1. The highest BCUT2D eigenvalue weighted by molar-refractivity contribution is 6.26. The van der Waals surface area contributed by atoms with E-state index in [4.69, 9.17) is 16.3 Å². The van der Waals surface area contributed by atoms with E-state index >= 15 is 0 Å². The number of allylic oxidation sites excluding steroid dienone is 2. The summed E-state index contributed by atoms with van der Waals surface area (Å²) in [6.45, 7) is 4.69. The summed E-state index contributed by atoms with van der Waals surface area (Å²) in [6, 6.07) is 3.90. The molecule has 2 aliphatic rings. The van der Waals surface area contributed by atoms with E-state index in [0.29, 0.717) is 31.3 Å². The molecule has 1 aliphatic heterocycles. The lowest BCUT2D eigenvalue weighted by atomic mass is 9.93. The highest BCUT2D eigenvalue weighted by atomic mass is 35.5. The van der Waals surface area contributed by atoms with Crippen LogP contribution in [0.15, 0.2) is 53.4 Å². The number of amides is 1. The van der Waals surface area contributed by atoms with Gasteiger partial charge in [0.05, 0.1) is 19.0 Å². The van der Waals surface area contributed by atoms with Gasteiger partial charge in [0, 0.05) is 49.5 Å². The summed E-state index contributed by atoms with van der Waals surface area (Å²) in [4.78, 5) is 19.0. The number of piperidine rings is 1. The number of carbonyl (C=O) groups excluding carboxylic acids is 1. The SMILES string of the molecule is CCO/C=C/C=C1/CN(C[C@@H](O)CNC(=O)c2ccnc(NC3CCC3)c2)CC/C1=C\Cl. The Morgan fingerprint density at radius 1 is 1.44 bits per heavy atom. The van der Waals surface area contributed by atoms with Crippen LogP contribution in [-0.4, -0.2) is 65.8 Å². The first-order valence-electron chi connectivity index (χ1n) is 11.3. The van der Waals surface area contributed by atoms with Gasteiger partial charge in [-0.25, -0.2) is 4.98 Å². The standard InChI is InChI=1S/C24H33ClN4O3/c1-2-32-12-4-5-20-16-29(11-9-19(20)14-25)17-22(30)15-27-24(31)18-8-10-26-23(13-18)28-21-6-3-7-21/h4-5,8,10,12-14,21-22,30H,2-3,6-7,9,11,15-17H2,1H3,(H,26,28)(H,27,31)/b12-4+,19-14+,20-5-/t22-/m0/s1. The Morgan fingerprint density at radius 3 is 3.00 bits per heavy atom. The van der Waals surface area contributed by atoms with Crippen molar-refractivity contribution >= 4 is 23.3 Å². The second kappa shape index (κ2) is 12.6. The van der Waals surface area contributed by atoms with Crippen molar-refractivity contribution in [3.63, 3.8) is 0 Å². The van der Waals surface area contributed by atoms with Crippen molar-refractivity contribution in [3.05, 3.63) is 59.0 Å². The maximum atomic E-state index is 12.5. The molecule has 3 N–H and O–H groups in total. The third kappa shape index (κ3) is 7.36. The zero-order valence-electron chi connectivity index (χ0n) is 18.6. The lowest BCUT2D eigenvalue weighted by Crippen LogP contribution is -2.42. The van der Waals surface area contributed by atoms with Crippen LogP contribution in [0.4, 0.5) is 5.82 Å². The third-order valence-electron chi connectivity index (χ3n) is 5.72. The highest BCUT2D eigenvalue weighted by Crippen LogP contribution is 2.24. The summed E-state index contributed by atoms with van der Waals surface area (Å²) in [5.41, 5.74) is 4.35. The number of hydrogen-bond donors (Lipinski definition) is 3. The van der Waals surface area contributed by atoms with Crippen molar-refractivity contribution < 1.29 is 14.6 Å². The molecule has 1 aromatic rings. The molecule has 1 aliphatic carbocycles. The Kier molecular flexibility index (Phi) is 9.59. The zero-order chi connectivity index (χ0) is 22.8. The van der Waals surface area contributed by atoms with Crippen molar-refractivity contribution in [2.45, 2.75) is 44.8 Å². The smallest absolute Gasteiger partial charge is 0.251 e. The molecule has 0 unspecified atom stereocenters. The van der Waals surface area contributed by atoms with Gasteiger partial charge >= 0.3 is 0 Å². The van der Waals surface area contributed by atoms with Gasteiger partial charge in [-0.15, -0.1) is 0 Å². The van der Waals surface area contributed by atoms with E-state index in [-0.39, 0.29) is 12.5 Å². The van der Waals surface area contributed by atoms with Crippen LogP contribution in [-0.2, 0) is 4.74 Å². The summed E-state index contributed by atoms with van der Waals surface area (Å²) in [5, 5.41) is 16.7. The fourth-order valence-corrected chi connectivity index (χ4v) is 3.94. The molecule has 0 spiro atoms. The summed E-state index contributed by atoms with van der Waals surface area (Å²) in [5.74, 6) is 0.507. The molecule has 7 nitrogen and oxygen atoms in total. The Hall–Kier alpha value is -2.35. The Bertz CT molecular complexity index is 851. The molecule has 8 heteroatoms. The average molecular weight is 461 g/mol. The van der Waals surface area contributed by atoms with Gasteiger partial charge in [0.15, 0.2) is 0 Å². The summed E-state index contributed by atoms with van der Waals surface area (Å²) >= 11 is 5.98. The first-order chi connectivity index (χ1) is 15.6. The molecular weight excluding hydrogens is 428 g/mol. The molecule has 1 saturated carbocycles. The maximum Gasteiger partial charge on any atom is 0.251 e. The van der Waals surface area contributed by atoms with Gasteiger partial charge in [0.1, 0.15) is 5.82 Å². The number of aliphatic hydroxyl groups excluding tert-OH is 1. The lowest BCUT2D eigenvalue weighted by molar-refractivity contribution is 0.0863. The van der Waals surface area contributed by atoms with E-state index in [1.807, 2.05) is 19.1 Å². The molecule has 32 heavy (non-hydrogen) atoms. The van der Waals surface area contributed by atoms with Gasteiger partial charge in [-0.3, -0.25) is 9.69 Å². The molecule has 0 bridgehead atoms. The normalized spacial score (nSPS) is 21.0. The van der Waals surface area contributed by atoms with Gasteiger partial charge in [0.2, 0.25) is 0 Å². The molecule has 174 valence electrons. The number of rotatable bonds is 10. The van der Waals surface area contributed by atoms with Gasteiger partial charge in [-0.05, 0) is 62.0 Å². The van der Waals surface area contributed by atoms with E-state index in [0.717, 1.165) is 42.8 Å². The minimum absolute atomic E-state index is 0.185. The second-order valence-electron chi connectivity index (χ2n) is 8.16. The van der Waals surface area contributed by atoms with Crippen molar-refractivity contribution in [1.29, 1.82) is 0 Å². The lowest BCUT2D eigenvalue weighted by Gasteiger charge is -2.31. The molecule has 1 atom stereocenters. The highest BCUT2D eigenvalue weighted by Gasteiger charge is 2.21. The van der Waals surface area contributed by atoms with E-state index in [9.17, 15) is 9.90 Å². The first-order valence-corrected chi connectivity index (χ1v) is 11.7. The average Bonchev–Trinajstić information content (AvgIpc) is 2.78. The second-order valence-corrected chi connectivity index (χ2v) is 8.38. The minimum Gasteiger partial charge on any atom is -0.501 e. The Balaban J connectivity index is 1.47. The third-order valence-corrected chi connectivity index (χ3v) is 5.98. The molecule has 3 rings (SSSR count). The van der Waals surface area contributed by atoms with Crippen LogP contribution in [0.2, 0.25) is 0 Å². The van der Waals surface area contributed by atoms with Crippen LogP contribution in [0.3, 0.4) is 0 Å². The van der Waals surface area contributed by atoms with Crippen molar-refractivity contribution in [1.82, 2.24) is 15.2 Å². The predicted molar refractivity (Wildman–Crippen MR) is 128 cm³/mol. The largest absolute Gasteiger partial charge is 0.501 e. The number of likely N-dealkylation sites (tertiary alicyclic amines) is 1. The number of anilines is 1. The fourth-order valence-electron chi connectivity index (χ4n) is 3.70. The molecule has 2 heterocycles. The summed E-state index contributed by atoms with van der Waals surface area (Å²) < 4.78 is 5.23. The number of carbonyl (C=O) groups is 1. The molecule has 0 aromatic carbocycles. The topological polar surface area (TPSA) is 86.7 Å². The van der Waals surface area contributed by atoms with Crippen LogP contribution < -0.4 is 10.6 Å². The number of halogens is 1. The molecule has 2 fully saturated rings. The van der Waals surface area contributed by atoms with Crippen molar-refractivity contribution in [2.24, 2.45) is 0 Å². The van der Waals surface area contributed by atoms with Crippen LogP contribution >= 0.6 is 11.6 Å². The van der Waals surface area contributed by atoms with E-state index < -0.39 is 6.10 Å². The molecule has 1 amide bonds. The Morgan fingerprint density at radius 2 is 2.28 bits per heavy atom. The number of nitrogens with zero attached hydrogens (tertiary/aromatic N) is 2. The van der Waals surface area contributed by atoms with E-state index in [1.54, 1.807) is 30.1 Å². The number of aromatic nitrogens is 1. The van der Waals surface area contributed by atoms with Crippen LogP contribution in [0, 0.1) is 0 Å². The quantitative estimate of drug-likeness (QED) is 0.464. The summed E-state index contributed by atoms with van der Waals surface area (Å²) in [7, 11) is 0. The fraction of sp³-hybridized carbons (Fsp3) is 0.500. The Labute approximate surface area is 195 Å². The molecule has 1 saturated heterocycles. The van der Waals surface area contributed by atoms with Crippen LogP contribution in [0.5, 0.6) is 0 Å². The number of ether oxygens (including phenoxy) is 1. The van der Waals surface area contributed by atoms with Crippen molar-refractivity contribution in [3.8, 4) is 0 Å². The number of aliphatic hydroxyl groups is 1. The maximum absolute atomic E-state index is 12.5. The van der Waals surface area contributed by atoms with Gasteiger partial charge < -0.3 is 20.5 Å². The van der Waals surface area contributed by atoms with E-state index in [1.165, 1.54) is 6.42 Å². The monoisotopic (exact) mass is 460 g/mol. The first kappa shape index (κ1) is 24.3. The predicted octanol–water partition coefficient (Wildman–Crippen LogP) is 3.44. The molecule has 0 radical (unpaired) electrons. The number of pyridine rings is 1. The number of hydrogen-bond acceptors (Lipinski definition) is 6.